The third-order valence-electron chi connectivity index (χ3n) is 3.42. The van der Waals surface area contributed by atoms with Crippen molar-refractivity contribution < 1.29 is 10.2 Å². The number of fused-ring (bicyclic) bond motifs is 6. The molecule has 0 saturated carbocycles. The molecule has 0 aliphatic rings. The van der Waals surface area contributed by atoms with E-state index in [1.54, 1.807) is 30.7 Å². The van der Waals surface area contributed by atoms with E-state index < -0.39 is 6.29 Å². The molecule has 0 spiro atoms. The highest BCUT2D eigenvalue weighted by Crippen LogP contribution is 2.30. The normalized spacial score (nSPS) is 11.8. The van der Waals surface area contributed by atoms with Crippen LogP contribution in [0.1, 0.15) is 12.0 Å². The highest BCUT2D eigenvalue weighted by Gasteiger charge is 2.14. The fourth-order valence-electron chi connectivity index (χ4n) is 2.51. The van der Waals surface area contributed by atoms with Crippen molar-refractivity contribution >= 4 is 32.8 Å². The molecule has 4 aromatic rings. The van der Waals surface area contributed by atoms with Crippen molar-refractivity contribution in [2.24, 2.45) is 0 Å². The van der Waals surface area contributed by atoms with E-state index in [0.717, 1.165) is 21.8 Å². The molecule has 21 heavy (non-hydrogen) atoms. The maximum atomic E-state index is 9.31. The number of hydrogen-bond acceptors (Lipinski definition) is 6. The first-order chi connectivity index (χ1) is 10.3. The molecule has 0 atom stereocenters. The lowest BCUT2D eigenvalue weighted by Crippen LogP contribution is -2.00. The molecule has 0 amide bonds. The monoisotopic (exact) mass is 278 g/mol. The SMILES string of the molecule is OC(O)c1ccc2c3nccnc3c3cccnc3c2n1. The highest BCUT2D eigenvalue weighted by atomic mass is 16.5. The molecule has 0 unspecified atom stereocenters. The number of rotatable bonds is 1. The average molecular weight is 278 g/mol. The van der Waals surface area contributed by atoms with Crippen LogP contribution >= 0.6 is 0 Å². The third kappa shape index (κ3) is 1.74. The van der Waals surface area contributed by atoms with Crippen LogP contribution in [0.4, 0.5) is 0 Å². The summed E-state index contributed by atoms with van der Waals surface area (Å²) in [6.45, 7) is 0. The Morgan fingerprint density at radius 3 is 2.05 bits per heavy atom. The van der Waals surface area contributed by atoms with Crippen LogP contribution in [-0.4, -0.2) is 30.1 Å². The predicted molar refractivity (Wildman–Crippen MR) is 77.3 cm³/mol. The summed E-state index contributed by atoms with van der Waals surface area (Å²) in [5.74, 6) is 0. The molecule has 3 aromatic heterocycles. The van der Waals surface area contributed by atoms with Gasteiger partial charge in [0.05, 0.1) is 27.8 Å². The maximum absolute atomic E-state index is 9.31. The number of aromatic nitrogens is 4. The van der Waals surface area contributed by atoms with Crippen molar-refractivity contribution in [3.63, 3.8) is 0 Å². The molecule has 0 fully saturated rings. The lowest BCUT2D eigenvalue weighted by molar-refractivity contribution is -0.0455. The Balaban J connectivity index is 2.30. The van der Waals surface area contributed by atoms with E-state index in [4.69, 9.17) is 0 Å². The van der Waals surface area contributed by atoms with Crippen LogP contribution in [-0.2, 0) is 0 Å². The largest absolute Gasteiger partial charge is 0.363 e. The Labute approximate surface area is 118 Å². The van der Waals surface area contributed by atoms with Gasteiger partial charge in [-0.2, -0.15) is 0 Å². The van der Waals surface area contributed by atoms with Gasteiger partial charge in [-0.25, -0.2) is 4.98 Å². The van der Waals surface area contributed by atoms with Crippen LogP contribution in [0, 0.1) is 0 Å². The molecular weight excluding hydrogens is 268 g/mol. The standard InChI is InChI=1S/C15H10N4O2/c20-15(21)10-4-3-9-12-11(17-6-7-18-12)8-2-1-5-16-13(8)14(9)19-10/h1-7,15,20-21H. The molecule has 0 radical (unpaired) electrons. The van der Waals surface area contributed by atoms with Crippen molar-refractivity contribution in [3.8, 4) is 0 Å². The van der Waals surface area contributed by atoms with Gasteiger partial charge in [0.1, 0.15) is 0 Å². The first kappa shape index (κ1) is 12.1. The molecule has 0 bridgehead atoms. The van der Waals surface area contributed by atoms with E-state index in [1.165, 1.54) is 0 Å². The average Bonchev–Trinajstić information content (AvgIpc) is 2.54. The van der Waals surface area contributed by atoms with Crippen molar-refractivity contribution in [3.05, 3.63) is 48.5 Å². The van der Waals surface area contributed by atoms with Gasteiger partial charge in [0.2, 0.25) is 0 Å². The van der Waals surface area contributed by atoms with Crippen molar-refractivity contribution in [2.75, 3.05) is 0 Å². The van der Waals surface area contributed by atoms with E-state index >= 15 is 0 Å². The van der Waals surface area contributed by atoms with Crippen LogP contribution in [0.2, 0.25) is 0 Å². The van der Waals surface area contributed by atoms with Crippen molar-refractivity contribution in [1.82, 2.24) is 19.9 Å². The van der Waals surface area contributed by atoms with E-state index in [-0.39, 0.29) is 5.69 Å². The quantitative estimate of drug-likeness (QED) is 0.407. The van der Waals surface area contributed by atoms with Crippen molar-refractivity contribution in [2.45, 2.75) is 6.29 Å². The lowest BCUT2D eigenvalue weighted by Gasteiger charge is -2.09. The zero-order valence-corrected chi connectivity index (χ0v) is 10.8. The molecule has 4 rings (SSSR count). The number of aliphatic hydroxyl groups is 2. The molecule has 6 nitrogen and oxygen atoms in total. The number of aliphatic hydroxyl groups excluding tert-OH is 1. The minimum Gasteiger partial charge on any atom is -0.363 e. The molecule has 0 aliphatic heterocycles. The van der Waals surface area contributed by atoms with Gasteiger partial charge in [-0.05, 0) is 24.3 Å². The fraction of sp³-hybridized carbons (Fsp3) is 0.0667. The zero-order chi connectivity index (χ0) is 14.4. The third-order valence-corrected chi connectivity index (χ3v) is 3.42. The van der Waals surface area contributed by atoms with Crippen LogP contribution in [0.25, 0.3) is 32.8 Å². The first-order valence-corrected chi connectivity index (χ1v) is 6.40. The van der Waals surface area contributed by atoms with E-state index in [1.807, 2.05) is 12.1 Å². The van der Waals surface area contributed by atoms with E-state index in [9.17, 15) is 10.2 Å². The molecule has 0 saturated heterocycles. The van der Waals surface area contributed by atoms with Gasteiger partial charge >= 0.3 is 0 Å². The molecule has 3 heterocycles. The summed E-state index contributed by atoms with van der Waals surface area (Å²) in [6.07, 6.45) is 3.32. The number of nitrogens with zero attached hydrogens (tertiary/aromatic N) is 4. The number of pyridine rings is 2. The van der Waals surface area contributed by atoms with Crippen LogP contribution in [0.15, 0.2) is 42.9 Å². The van der Waals surface area contributed by atoms with Gasteiger partial charge in [0, 0.05) is 29.4 Å². The Kier molecular flexibility index (Phi) is 2.53. The molecule has 6 heteroatoms. The summed E-state index contributed by atoms with van der Waals surface area (Å²) < 4.78 is 0. The van der Waals surface area contributed by atoms with E-state index in [2.05, 4.69) is 19.9 Å². The lowest BCUT2D eigenvalue weighted by atomic mass is 10.1. The molecular formula is C15H10N4O2. The second kappa shape index (κ2) is 4.41. The van der Waals surface area contributed by atoms with Gasteiger partial charge < -0.3 is 10.2 Å². The Morgan fingerprint density at radius 1 is 0.714 bits per heavy atom. The predicted octanol–water partition coefficient (Wildman–Crippen LogP) is 1.71. The summed E-state index contributed by atoms with van der Waals surface area (Å²) >= 11 is 0. The summed E-state index contributed by atoms with van der Waals surface area (Å²) in [7, 11) is 0. The van der Waals surface area contributed by atoms with Gasteiger partial charge in [0.25, 0.3) is 0 Å². The molecule has 0 aliphatic carbocycles. The summed E-state index contributed by atoms with van der Waals surface area (Å²) in [4.78, 5) is 17.5. The van der Waals surface area contributed by atoms with Gasteiger partial charge in [0.15, 0.2) is 6.29 Å². The van der Waals surface area contributed by atoms with Gasteiger partial charge in [-0.15, -0.1) is 0 Å². The second-order valence-electron chi connectivity index (χ2n) is 4.66. The van der Waals surface area contributed by atoms with Crippen LogP contribution in [0.3, 0.4) is 0 Å². The molecule has 2 N–H and O–H groups in total. The minimum absolute atomic E-state index is 0.178. The van der Waals surface area contributed by atoms with Crippen LogP contribution in [0.5, 0.6) is 0 Å². The zero-order valence-electron chi connectivity index (χ0n) is 10.8. The first-order valence-electron chi connectivity index (χ1n) is 6.40. The maximum Gasteiger partial charge on any atom is 0.196 e. The van der Waals surface area contributed by atoms with E-state index in [0.29, 0.717) is 11.0 Å². The summed E-state index contributed by atoms with van der Waals surface area (Å²) in [5, 5.41) is 20.3. The Hall–Kier alpha value is -2.70. The number of hydrogen-bond donors (Lipinski definition) is 2. The van der Waals surface area contributed by atoms with Crippen LogP contribution < -0.4 is 0 Å². The fourth-order valence-corrected chi connectivity index (χ4v) is 2.51. The molecule has 1 aromatic carbocycles. The topological polar surface area (TPSA) is 92.0 Å². The van der Waals surface area contributed by atoms with Crippen molar-refractivity contribution in [1.29, 1.82) is 0 Å². The second-order valence-corrected chi connectivity index (χ2v) is 4.66. The molecule has 102 valence electrons. The Morgan fingerprint density at radius 2 is 1.33 bits per heavy atom. The minimum atomic E-state index is -1.62. The summed E-state index contributed by atoms with van der Waals surface area (Å²) in [5.41, 5.74) is 2.91. The number of benzene rings is 1. The highest BCUT2D eigenvalue weighted by molar-refractivity contribution is 6.20. The van der Waals surface area contributed by atoms with Gasteiger partial charge in [-0.1, -0.05) is 0 Å². The smallest absolute Gasteiger partial charge is 0.196 e. The Bertz CT molecular complexity index is 950. The summed E-state index contributed by atoms with van der Waals surface area (Å²) in [6, 6.07) is 7.06. The van der Waals surface area contributed by atoms with Gasteiger partial charge in [-0.3, -0.25) is 15.0 Å².